The molecule has 15 aromatic carbocycles. The van der Waals surface area contributed by atoms with Crippen molar-refractivity contribution in [3.8, 4) is 94.7 Å². The maximum atomic E-state index is 5.97. The van der Waals surface area contributed by atoms with Crippen LogP contribution >= 0.6 is 22.7 Å². The van der Waals surface area contributed by atoms with Crippen LogP contribution < -0.4 is 0 Å². The highest BCUT2D eigenvalue weighted by molar-refractivity contribution is 7.26. The van der Waals surface area contributed by atoms with Crippen LogP contribution in [0, 0.1) is 41.5 Å². The van der Waals surface area contributed by atoms with Gasteiger partial charge in [0, 0.05) is 181 Å². The highest BCUT2D eigenvalue weighted by atomic mass is 32.1. The highest BCUT2D eigenvalue weighted by Crippen LogP contribution is 2.64. The minimum absolute atomic E-state index is 0.290. The van der Waals surface area contributed by atoms with Crippen molar-refractivity contribution in [1.82, 2.24) is 34.5 Å². The van der Waals surface area contributed by atoms with Crippen molar-refractivity contribution in [2.24, 2.45) is 0 Å². The summed E-state index contributed by atoms with van der Waals surface area (Å²) in [7, 11) is 0. The van der Waals surface area contributed by atoms with Gasteiger partial charge in [0.25, 0.3) is 0 Å². The summed E-state index contributed by atoms with van der Waals surface area (Å²) in [5, 5.41) is 12.8. The standard InChI is InChI=1S/C31H21N.C24H18N2.2C18H13NO.2C18H13NS/c1-20-8-6-14-28-30(20)25-16-15-21(22-9-7-17-32-19-22)18-29(25)31(28)26-12-4-2-10-23(26)24-11-3-5-13-27(24)31;1-17-7-5-11-23-24(17)21-15-18(19-8-6-14-25-16-19)12-13-22(21)26(23)20-9-3-2-4-10-20;1-12-4-2-6-17-18(12)15-10-13(7-8-16(15)20-17)14-5-3-9-19-11-14;1-12-4-2-6-16-18(12)15-8-7-13(10-17(15)20-16)14-5-3-9-19-11-14;1-12-4-2-6-17-18(12)15-10-13(7-8-16(15)20-17)14-5-3-9-19-11-14;1-12-4-2-6-16-18(12)15-8-7-13(10-17(15)20-16)14-5-3-9-19-11-14/h2-19H,1H3;2-16H,1H3;4*2-11H,1H3. The molecule has 0 atom stereocenters. The van der Waals surface area contributed by atoms with Crippen LogP contribution in [0.3, 0.4) is 0 Å². The van der Waals surface area contributed by atoms with Gasteiger partial charge >= 0.3 is 0 Å². The molecule has 2 aliphatic carbocycles. The van der Waals surface area contributed by atoms with Gasteiger partial charge in [0.05, 0.1) is 16.4 Å². The normalized spacial score (nSPS) is 11.9. The summed E-state index contributed by atoms with van der Waals surface area (Å²) >= 11 is 3.73. The molecule has 0 saturated carbocycles. The molecule has 28 rings (SSSR count). The molecule has 0 amide bonds. The predicted octanol–water partition coefficient (Wildman–Crippen LogP) is 34.3. The van der Waals surface area contributed by atoms with Gasteiger partial charge in [0.1, 0.15) is 22.3 Å². The van der Waals surface area contributed by atoms with Gasteiger partial charge < -0.3 is 13.4 Å². The van der Waals surface area contributed by atoms with E-state index in [-0.39, 0.29) is 5.41 Å². The van der Waals surface area contributed by atoms with Crippen LogP contribution in [0.2, 0.25) is 0 Å². The van der Waals surface area contributed by atoms with Crippen LogP contribution in [0.25, 0.3) is 201 Å². The number of thiophene rings is 2. The molecular formula is C127H91N7O2S2. The number of hydrogen-bond donors (Lipinski definition) is 0. The molecule has 0 saturated heterocycles. The maximum absolute atomic E-state index is 5.97. The molecule has 138 heavy (non-hydrogen) atoms. The van der Waals surface area contributed by atoms with E-state index >= 15 is 0 Å². The number of aromatic nitrogens is 7. The Hall–Kier alpha value is -17.0. The number of pyridine rings is 6. The van der Waals surface area contributed by atoms with Crippen LogP contribution in [-0.2, 0) is 5.41 Å². The molecule has 11 heterocycles. The molecule has 2 aliphatic rings. The Bertz CT molecular complexity index is 8720. The Balaban J connectivity index is 0.0000000937. The zero-order chi connectivity index (χ0) is 92.9. The summed E-state index contributed by atoms with van der Waals surface area (Å²) in [5.74, 6) is 0. The van der Waals surface area contributed by atoms with E-state index in [9.17, 15) is 0 Å². The van der Waals surface area contributed by atoms with Crippen LogP contribution in [0.1, 0.15) is 55.6 Å². The minimum atomic E-state index is -0.290. The molecule has 0 N–H and O–H groups in total. The third-order valence-electron chi connectivity index (χ3n) is 27.1. The van der Waals surface area contributed by atoms with Crippen molar-refractivity contribution < 1.29 is 8.83 Å². The van der Waals surface area contributed by atoms with Crippen molar-refractivity contribution in [1.29, 1.82) is 0 Å². The number of benzene rings is 15. The number of fused-ring (bicyclic) bond motifs is 25. The summed E-state index contributed by atoms with van der Waals surface area (Å²) in [5.41, 5.74) is 39.9. The molecule has 0 bridgehead atoms. The van der Waals surface area contributed by atoms with Crippen LogP contribution in [-0.4, -0.2) is 34.5 Å². The number of aryl methyl sites for hydroxylation is 6. The monoisotopic (exact) mass is 1810 g/mol. The van der Waals surface area contributed by atoms with E-state index in [0.29, 0.717) is 0 Å². The Morgan fingerprint density at radius 1 is 0.217 bits per heavy atom. The Kier molecular flexibility index (Phi) is 22.5. The summed E-state index contributed by atoms with van der Waals surface area (Å²) < 4.78 is 19.7. The van der Waals surface area contributed by atoms with Gasteiger partial charge in [-0.25, -0.2) is 0 Å². The lowest BCUT2D eigenvalue weighted by Gasteiger charge is -2.30. The molecule has 0 radical (unpaired) electrons. The Morgan fingerprint density at radius 3 is 1.18 bits per heavy atom. The molecule has 0 aliphatic heterocycles. The largest absolute Gasteiger partial charge is 0.456 e. The van der Waals surface area contributed by atoms with Crippen molar-refractivity contribution in [3.05, 3.63) is 500 Å². The molecule has 9 nitrogen and oxygen atoms in total. The van der Waals surface area contributed by atoms with Gasteiger partial charge in [-0.2, -0.15) is 0 Å². The van der Waals surface area contributed by atoms with E-state index in [2.05, 4.69) is 379 Å². The second-order valence-corrected chi connectivity index (χ2v) is 37.6. The fourth-order valence-corrected chi connectivity index (χ4v) is 23.2. The SMILES string of the molecule is Cc1cccc2c1-c1ccc(-c3cccnc3)cc1C21c2ccccc2-c2ccccc21.Cc1cccc2c1c1cc(-c3cccnc3)ccc1n2-c1ccccc1.Cc1cccc2oc3cc(-c4cccnc4)ccc3c12.Cc1cccc2oc3ccc(-c4cccnc4)cc3c12.Cc1cccc2sc3cc(-c4cccnc4)ccc3c12.Cc1cccc2sc3ccc(-c4cccnc4)cc3c12. The van der Waals surface area contributed by atoms with Gasteiger partial charge in [-0.05, 0) is 298 Å². The molecule has 26 aromatic rings. The average Bonchev–Trinajstić information content (AvgIpc) is 1.50. The van der Waals surface area contributed by atoms with Crippen molar-refractivity contribution in [2.45, 2.75) is 47.0 Å². The van der Waals surface area contributed by atoms with Crippen LogP contribution in [0.15, 0.2) is 453 Å². The predicted molar refractivity (Wildman–Crippen MR) is 577 cm³/mol. The molecule has 658 valence electrons. The lowest BCUT2D eigenvalue weighted by molar-refractivity contribution is 0.668. The Morgan fingerprint density at radius 2 is 0.623 bits per heavy atom. The lowest BCUT2D eigenvalue weighted by atomic mass is 9.70. The fourth-order valence-electron chi connectivity index (χ4n) is 20.8. The second-order valence-electron chi connectivity index (χ2n) is 35.5. The second kappa shape index (κ2) is 36.4. The first-order valence-electron chi connectivity index (χ1n) is 46.6. The zero-order valence-electron chi connectivity index (χ0n) is 76.9. The van der Waals surface area contributed by atoms with E-state index in [1.54, 1.807) is 12.4 Å². The maximum Gasteiger partial charge on any atom is 0.136 e. The molecule has 1 spiro atoms. The first kappa shape index (κ1) is 85.2. The van der Waals surface area contributed by atoms with Gasteiger partial charge in [-0.15, -0.1) is 22.7 Å². The summed E-state index contributed by atoms with van der Waals surface area (Å²) in [6.07, 6.45) is 22.3. The highest BCUT2D eigenvalue weighted by Gasteiger charge is 2.52. The number of nitrogens with zero attached hydrogens (tertiary/aromatic N) is 7. The van der Waals surface area contributed by atoms with E-state index in [0.717, 1.165) is 55.7 Å². The van der Waals surface area contributed by atoms with E-state index in [4.69, 9.17) is 8.83 Å². The first-order chi connectivity index (χ1) is 67.9. The van der Waals surface area contributed by atoms with E-state index in [1.807, 2.05) is 151 Å². The molecule has 0 unspecified atom stereocenters. The number of rotatable bonds is 7. The van der Waals surface area contributed by atoms with E-state index < -0.39 is 0 Å². The minimum Gasteiger partial charge on any atom is -0.456 e. The van der Waals surface area contributed by atoms with Crippen molar-refractivity contribution in [2.75, 3.05) is 0 Å². The Labute approximate surface area is 807 Å². The third kappa shape index (κ3) is 15.5. The number of hydrogen-bond acceptors (Lipinski definition) is 10. The summed E-state index contributed by atoms with van der Waals surface area (Å²) in [6.45, 7) is 13.0. The summed E-state index contributed by atoms with van der Waals surface area (Å²) in [4.78, 5) is 25.4. The van der Waals surface area contributed by atoms with E-state index in [1.165, 1.54) is 201 Å². The van der Waals surface area contributed by atoms with Crippen molar-refractivity contribution in [3.63, 3.8) is 0 Å². The quantitative estimate of drug-likeness (QED) is 0.155. The molecule has 0 fully saturated rings. The number of furan rings is 2. The van der Waals surface area contributed by atoms with Crippen molar-refractivity contribution >= 4 is 129 Å². The van der Waals surface area contributed by atoms with Crippen LogP contribution in [0.4, 0.5) is 0 Å². The topological polar surface area (TPSA) is 109 Å². The molecule has 11 heteroatoms. The average molecular weight is 1810 g/mol. The fraction of sp³-hybridized carbons (Fsp3) is 0.0551. The van der Waals surface area contributed by atoms with Gasteiger partial charge in [-0.1, -0.05) is 231 Å². The van der Waals surface area contributed by atoms with Gasteiger partial charge in [0.2, 0.25) is 0 Å². The molecule has 11 aromatic heterocycles. The molecular weight excluding hydrogens is 1720 g/mol. The van der Waals surface area contributed by atoms with Gasteiger partial charge in [0.15, 0.2) is 0 Å². The lowest BCUT2D eigenvalue weighted by Crippen LogP contribution is -2.25. The first-order valence-corrected chi connectivity index (χ1v) is 48.2. The number of para-hydroxylation sites is 1. The van der Waals surface area contributed by atoms with Gasteiger partial charge in [-0.3, -0.25) is 29.9 Å². The zero-order valence-corrected chi connectivity index (χ0v) is 78.5. The third-order valence-corrected chi connectivity index (χ3v) is 29.4. The summed E-state index contributed by atoms with van der Waals surface area (Å²) in [6, 6.07) is 131. The van der Waals surface area contributed by atoms with Crippen LogP contribution in [0.5, 0.6) is 0 Å². The smallest absolute Gasteiger partial charge is 0.136 e.